The maximum Gasteiger partial charge on any atom is 0.314 e. The molecule has 0 aromatic carbocycles. The molecule has 5 heteroatoms. The Bertz CT molecular complexity index is 343. The highest BCUT2D eigenvalue weighted by Gasteiger charge is 2.17. The highest BCUT2D eigenvalue weighted by Crippen LogP contribution is 2.08. The van der Waals surface area contributed by atoms with Crippen LogP contribution in [0.1, 0.15) is 26.6 Å². The molecule has 1 aromatic heterocycles. The van der Waals surface area contributed by atoms with Crippen LogP contribution in [0.15, 0.2) is 12.4 Å². The van der Waals surface area contributed by atoms with Gasteiger partial charge in [-0.1, -0.05) is 0 Å². The summed E-state index contributed by atoms with van der Waals surface area (Å²) >= 11 is 0. The second kappa shape index (κ2) is 4.33. The van der Waals surface area contributed by atoms with Crippen molar-refractivity contribution in [2.45, 2.75) is 32.8 Å². The summed E-state index contributed by atoms with van der Waals surface area (Å²) in [4.78, 5) is 18.6. The number of ether oxygens (including phenoxy) is 1. The highest BCUT2D eigenvalue weighted by molar-refractivity contribution is 5.71. The molecule has 1 heterocycles. The van der Waals surface area contributed by atoms with Crippen LogP contribution in [0.3, 0.4) is 0 Å². The molecule has 0 aliphatic rings. The van der Waals surface area contributed by atoms with E-state index in [2.05, 4.69) is 9.97 Å². The van der Waals surface area contributed by atoms with Crippen LogP contribution in [-0.4, -0.2) is 21.5 Å². The van der Waals surface area contributed by atoms with Crippen LogP contribution in [0, 0.1) is 5.82 Å². The van der Waals surface area contributed by atoms with Gasteiger partial charge in [0.1, 0.15) is 17.8 Å². The zero-order valence-electron chi connectivity index (χ0n) is 8.95. The Hall–Kier alpha value is -1.52. The van der Waals surface area contributed by atoms with Crippen LogP contribution in [0.4, 0.5) is 4.39 Å². The van der Waals surface area contributed by atoms with E-state index in [1.54, 1.807) is 20.8 Å². The first-order valence-electron chi connectivity index (χ1n) is 4.55. The monoisotopic (exact) mass is 212 g/mol. The predicted octanol–water partition coefficient (Wildman–Crippen LogP) is 1.50. The Labute approximate surface area is 87.5 Å². The van der Waals surface area contributed by atoms with Crippen molar-refractivity contribution < 1.29 is 13.9 Å². The zero-order chi connectivity index (χ0) is 11.5. The molecule has 0 saturated carbocycles. The molecule has 4 nitrogen and oxygen atoms in total. The molecule has 0 aliphatic carbocycles. The summed E-state index contributed by atoms with van der Waals surface area (Å²) < 4.78 is 17.5. The van der Waals surface area contributed by atoms with Crippen LogP contribution in [-0.2, 0) is 16.0 Å². The largest absolute Gasteiger partial charge is 0.460 e. The zero-order valence-corrected chi connectivity index (χ0v) is 8.95. The first-order valence-corrected chi connectivity index (χ1v) is 4.55. The second-order valence-electron chi connectivity index (χ2n) is 4.08. The van der Waals surface area contributed by atoms with E-state index in [9.17, 15) is 9.18 Å². The molecular formula is C10H13FN2O2. The Morgan fingerprint density at radius 1 is 1.40 bits per heavy atom. The lowest BCUT2D eigenvalue weighted by Gasteiger charge is -2.18. The minimum atomic E-state index is -0.531. The summed E-state index contributed by atoms with van der Waals surface area (Å²) in [6.45, 7) is 5.32. The number of rotatable bonds is 2. The van der Waals surface area contributed by atoms with Gasteiger partial charge in [-0.25, -0.2) is 14.4 Å². The third kappa shape index (κ3) is 4.49. The molecule has 0 unspecified atom stereocenters. The summed E-state index contributed by atoms with van der Waals surface area (Å²) in [7, 11) is 0. The van der Waals surface area contributed by atoms with Gasteiger partial charge in [-0.3, -0.25) is 4.79 Å². The first kappa shape index (κ1) is 11.6. The molecule has 15 heavy (non-hydrogen) atoms. The molecule has 1 rings (SSSR count). The van der Waals surface area contributed by atoms with Crippen LogP contribution >= 0.6 is 0 Å². The highest BCUT2D eigenvalue weighted by atomic mass is 19.1. The Morgan fingerprint density at radius 2 is 1.93 bits per heavy atom. The van der Waals surface area contributed by atoms with E-state index in [0.29, 0.717) is 0 Å². The first-order chi connectivity index (χ1) is 6.87. The van der Waals surface area contributed by atoms with Gasteiger partial charge in [0, 0.05) is 0 Å². The van der Waals surface area contributed by atoms with E-state index in [-0.39, 0.29) is 12.2 Å². The number of halogens is 1. The quantitative estimate of drug-likeness (QED) is 0.697. The summed E-state index contributed by atoms with van der Waals surface area (Å²) in [6, 6.07) is 0. The fourth-order valence-electron chi connectivity index (χ4n) is 0.937. The molecule has 0 amide bonds. The van der Waals surface area contributed by atoms with Gasteiger partial charge in [0.05, 0.1) is 12.4 Å². The minimum absolute atomic E-state index is 0.0441. The molecule has 0 saturated heterocycles. The SMILES string of the molecule is CC(C)(C)OC(=O)Cc1ncc(F)cn1. The lowest BCUT2D eigenvalue weighted by Crippen LogP contribution is -2.25. The average molecular weight is 212 g/mol. The van der Waals surface area contributed by atoms with Gasteiger partial charge in [-0.2, -0.15) is 0 Å². The van der Waals surface area contributed by atoms with Crippen LogP contribution in [0.25, 0.3) is 0 Å². The van der Waals surface area contributed by atoms with E-state index in [4.69, 9.17) is 4.74 Å². The summed E-state index contributed by atoms with van der Waals surface area (Å²) in [6.07, 6.45) is 2.00. The fraction of sp³-hybridized carbons (Fsp3) is 0.500. The van der Waals surface area contributed by atoms with Gasteiger partial charge in [0.2, 0.25) is 0 Å². The minimum Gasteiger partial charge on any atom is -0.460 e. The van der Waals surface area contributed by atoms with Crippen LogP contribution < -0.4 is 0 Å². The van der Waals surface area contributed by atoms with Crippen molar-refractivity contribution in [3.63, 3.8) is 0 Å². The number of aromatic nitrogens is 2. The molecule has 0 N–H and O–H groups in total. The van der Waals surface area contributed by atoms with Crippen molar-refractivity contribution >= 4 is 5.97 Å². The van der Waals surface area contributed by atoms with Crippen LogP contribution in [0.5, 0.6) is 0 Å². The number of hydrogen-bond acceptors (Lipinski definition) is 4. The van der Waals surface area contributed by atoms with E-state index < -0.39 is 17.4 Å². The van der Waals surface area contributed by atoms with E-state index in [1.807, 2.05) is 0 Å². The third-order valence-electron chi connectivity index (χ3n) is 1.40. The lowest BCUT2D eigenvalue weighted by molar-refractivity contribution is -0.154. The third-order valence-corrected chi connectivity index (χ3v) is 1.40. The smallest absolute Gasteiger partial charge is 0.314 e. The maximum atomic E-state index is 12.5. The average Bonchev–Trinajstić information content (AvgIpc) is 2.05. The van der Waals surface area contributed by atoms with Gasteiger partial charge >= 0.3 is 5.97 Å². The number of esters is 1. The van der Waals surface area contributed by atoms with E-state index in [0.717, 1.165) is 12.4 Å². The van der Waals surface area contributed by atoms with Crippen molar-refractivity contribution in [3.05, 3.63) is 24.0 Å². The van der Waals surface area contributed by atoms with Crippen molar-refractivity contribution in [1.82, 2.24) is 9.97 Å². The number of carbonyl (C=O) groups excluding carboxylic acids is 1. The Kier molecular flexibility index (Phi) is 3.34. The fourth-order valence-corrected chi connectivity index (χ4v) is 0.937. The normalized spacial score (nSPS) is 11.2. The van der Waals surface area contributed by atoms with Crippen molar-refractivity contribution in [2.75, 3.05) is 0 Å². The molecule has 0 atom stereocenters. The maximum absolute atomic E-state index is 12.5. The lowest BCUT2D eigenvalue weighted by atomic mass is 10.2. The number of hydrogen-bond donors (Lipinski definition) is 0. The molecule has 0 fully saturated rings. The molecule has 82 valence electrons. The second-order valence-corrected chi connectivity index (χ2v) is 4.08. The standard InChI is InChI=1S/C10H13FN2O2/c1-10(2,3)15-9(14)4-8-12-5-7(11)6-13-8/h5-6H,4H2,1-3H3. The Balaban J connectivity index is 2.55. The molecular weight excluding hydrogens is 199 g/mol. The number of carbonyl (C=O) groups is 1. The molecule has 1 aromatic rings. The predicted molar refractivity (Wildman–Crippen MR) is 51.5 cm³/mol. The summed E-state index contributed by atoms with van der Waals surface area (Å²) in [5, 5.41) is 0. The number of nitrogens with zero attached hydrogens (tertiary/aromatic N) is 2. The topological polar surface area (TPSA) is 52.1 Å². The summed E-state index contributed by atoms with van der Waals surface area (Å²) in [5.74, 6) is -0.692. The summed E-state index contributed by atoms with van der Waals surface area (Å²) in [5.41, 5.74) is -0.531. The molecule has 0 radical (unpaired) electrons. The Morgan fingerprint density at radius 3 is 2.40 bits per heavy atom. The van der Waals surface area contributed by atoms with E-state index in [1.165, 1.54) is 0 Å². The van der Waals surface area contributed by atoms with Gasteiger partial charge in [-0.15, -0.1) is 0 Å². The van der Waals surface area contributed by atoms with Crippen molar-refractivity contribution in [3.8, 4) is 0 Å². The molecule has 0 aliphatic heterocycles. The van der Waals surface area contributed by atoms with Crippen molar-refractivity contribution in [1.29, 1.82) is 0 Å². The van der Waals surface area contributed by atoms with Gasteiger partial charge in [-0.05, 0) is 20.8 Å². The molecule has 0 bridgehead atoms. The van der Waals surface area contributed by atoms with Gasteiger partial charge < -0.3 is 4.74 Å². The van der Waals surface area contributed by atoms with Crippen LogP contribution in [0.2, 0.25) is 0 Å². The van der Waals surface area contributed by atoms with Gasteiger partial charge in [0.15, 0.2) is 5.82 Å². The molecule has 0 spiro atoms. The van der Waals surface area contributed by atoms with Crippen molar-refractivity contribution in [2.24, 2.45) is 0 Å². The van der Waals surface area contributed by atoms with E-state index >= 15 is 0 Å². The van der Waals surface area contributed by atoms with Gasteiger partial charge in [0.25, 0.3) is 0 Å².